The molecule has 0 radical (unpaired) electrons. The molecule has 1 aliphatic carbocycles. The van der Waals surface area contributed by atoms with Crippen LogP contribution in [0.15, 0.2) is 84.9 Å². The van der Waals surface area contributed by atoms with Gasteiger partial charge in [-0.1, -0.05) is 56.3 Å². The van der Waals surface area contributed by atoms with Crippen LogP contribution in [-0.4, -0.2) is 18.1 Å². The van der Waals surface area contributed by atoms with Gasteiger partial charge in [0.2, 0.25) is 0 Å². The average molecular weight is 508 g/mol. The van der Waals surface area contributed by atoms with E-state index in [0.29, 0.717) is 17.2 Å². The molecule has 4 aromatic rings. The van der Waals surface area contributed by atoms with E-state index in [2.05, 4.69) is 29.6 Å². The zero-order valence-electron chi connectivity index (χ0n) is 21.9. The Morgan fingerprint density at radius 2 is 1.63 bits per heavy atom. The van der Waals surface area contributed by atoms with E-state index < -0.39 is 0 Å². The van der Waals surface area contributed by atoms with Crippen molar-refractivity contribution in [1.82, 2.24) is 0 Å². The number of phenolic OH excluding ortho intramolecular Hbond substituents is 1. The van der Waals surface area contributed by atoms with Crippen LogP contribution in [0.1, 0.15) is 53.6 Å². The monoisotopic (exact) mass is 507 g/mol. The summed E-state index contributed by atoms with van der Waals surface area (Å²) in [5, 5.41) is 22.3. The molecule has 2 aliphatic rings. The fraction of sp³-hybridized carbons (Fsp3) is 0.219. The summed E-state index contributed by atoms with van der Waals surface area (Å²) in [6, 6.07) is 27.5. The molecule has 3 atom stereocenters. The van der Waals surface area contributed by atoms with Crippen molar-refractivity contribution < 1.29 is 14.6 Å². The van der Waals surface area contributed by atoms with Crippen LogP contribution in [0.25, 0.3) is 0 Å². The molecule has 6 heteroatoms. The maximum absolute atomic E-state index is 10.6. The van der Waals surface area contributed by atoms with Gasteiger partial charge < -0.3 is 25.6 Å². The number of nitrogens with one attached hydrogen (secondary N) is 2. The average Bonchev–Trinajstić information content (AvgIpc) is 3.34. The number of fused-ring (bicyclic) bond motifs is 5. The Balaban J connectivity index is 0.00000144. The summed E-state index contributed by atoms with van der Waals surface area (Å²) in [7, 11) is 1.55. The van der Waals surface area contributed by atoms with Crippen LogP contribution in [0.5, 0.6) is 23.0 Å². The Morgan fingerprint density at radius 3 is 2.37 bits per heavy atom. The number of rotatable bonds is 5. The molecule has 1 unspecified atom stereocenters. The predicted molar refractivity (Wildman–Crippen MR) is 152 cm³/mol. The van der Waals surface area contributed by atoms with Crippen molar-refractivity contribution in [3.05, 3.63) is 113 Å². The van der Waals surface area contributed by atoms with Crippen LogP contribution in [-0.2, 0) is 6.42 Å². The molecule has 6 nitrogen and oxygen atoms in total. The SMILES string of the molecule is CC.COc1cc(C2Nc3ccc(C(=N)N)cc3[C@H]3c4ccccc4C[C@@H]23)c(Oc2ccccc2)cc1O. The van der Waals surface area contributed by atoms with E-state index >= 15 is 0 Å². The summed E-state index contributed by atoms with van der Waals surface area (Å²) < 4.78 is 11.8. The molecule has 38 heavy (non-hydrogen) atoms. The number of nitrogens with two attached hydrogens (primary N) is 1. The van der Waals surface area contributed by atoms with E-state index in [9.17, 15) is 5.11 Å². The molecular weight excluding hydrogens is 474 g/mol. The van der Waals surface area contributed by atoms with Crippen molar-refractivity contribution in [2.75, 3.05) is 12.4 Å². The Bertz CT molecular complexity index is 1470. The third-order valence-corrected chi connectivity index (χ3v) is 7.33. The number of amidine groups is 1. The number of ether oxygens (including phenoxy) is 2. The summed E-state index contributed by atoms with van der Waals surface area (Å²) >= 11 is 0. The number of benzene rings is 4. The summed E-state index contributed by atoms with van der Waals surface area (Å²) in [6.07, 6.45) is 0.885. The molecule has 0 spiro atoms. The van der Waals surface area contributed by atoms with E-state index in [-0.39, 0.29) is 29.5 Å². The topological polar surface area (TPSA) is 101 Å². The van der Waals surface area contributed by atoms with Gasteiger partial charge in [0.1, 0.15) is 17.3 Å². The lowest BCUT2D eigenvalue weighted by Crippen LogP contribution is -2.31. The van der Waals surface area contributed by atoms with E-state index in [4.69, 9.17) is 20.6 Å². The van der Waals surface area contributed by atoms with Crippen molar-refractivity contribution in [1.29, 1.82) is 5.41 Å². The molecule has 4 aromatic carbocycles. The van der Waals surface area contributed by atoms with Crippen LogP contribution < -0.4 is 20.5 Å². The van der Waals surface area contributed by atoms with Gasteiger partial charge in [0.25, 0.3) is 0 Å². The van der Waals surface area contributed by atoms with E-state index in [1.54, 1.807) is 13.2 Å². The third-order valence-electron chi connectivity index (χ3n) is 7.33. The summed E-state index contributed by atoms with van der Waals surface area (Å²) in [4.78, 5) is 0. The number of hydrogen-bond acceptors (Lipinski definition) is 5. The van der Waals surface area contributed by atoms with Crippen LogP contribution in [0.2, 0.25) is 0 Å². The fourth-order valence-electron chi connectivity index (χ4n) is 5.71. The standard InChI is InChI=1S/C30H27N3O3.C2H6/c1-35-27-15-22(26(16-25(27)34)36-19-8-3-2-4-9-19)29-23-13-17-7-5-6-10-20(17)28(23)21-14-18(30(31)32)11-12-24(21)33-29;1-2/h2-12,14-16,23,28-29,33-34H,13H2,1H3,(H3,31,32);1-2H3/t23-,28-,29?;/m1./s1. The largest absolute Gasteiger partial charge is 0.504 e. The molecule has 0 bridgehead atoms. The minimum Gasteiger partial charge on any atom is -0.504 e. The van der Waals surface area contributed by atoms with Crippen molar-refractivity contribution >= 4 is 11.5 Å². The third kappa shape index (κ3) is 4.43. The minimum absolute atomic E-state index is 0.0285. The quantitative estimate of drug-likeness (QED) is 0.173. The number of nitrogen functional groups attached to an aromatic ring is 1. The second kappa shape index (κ2) is 10.5. The first-order valence-electron chi connectivity index (χ1n) is 13.0. The zero-order valence-corrected chi connectivity index (χ0v) is 21.9. The minimum atomic E-state index is -0.105. The molecule has 194 valence electrons. The second-order valence-corrected chi connectivity index (χ2v) is 9.36. The van der Waals surface area contributed by atoms with E-state index in [1.807, 2.05) is 68.4 Å². The molecule has 6 rings (SSSR count). The Kier molecular flexibility index (Phi) is 6.97. The first kappa shape index (κ1) is 25.2. The molecule has 0 fully saturated rings. The van der Waals surface area contributed by atoms with Crippen LogP contribution >= 0.6 is 0 Å². The number of anilines is 1. The number of para-hydroxylation sites is 1. The van der Waals surface area contributed by atoms with Crippen LogP contribution in [0.3, 0.4) is 0 Å². The molecule has 0 saturated heterocycles. The lowest BCUT2D eigenvalue weighted by Gasteiger charge is -2.38. The number of hydrogen-bond donors (Lipinski definition) is 4. The van der Waals surface area contributed by atoms with Crippen LogP contribution in [0, 0.1) is 11.3 Å². The smallest absolute Gasteiger partial charge is 0.161 e. The van der Waals surface area contributed by atoms with Gasteiger partial charge in [-0.25, -0.2) is 0 Å². The highest BCUT2D eigenvalue weighted by molar-refractivity contribution is 5.95. The second-order valence-electron chi connectivity index (χ2n) is 9.36. The summed E-state index contributed by atoms with van der Waals surface area (Å²) in [5.41, 5.74) is 12.2. The predicted octanol–water partition coefficient (Wildman–Crippen LogP) is 6.97. The van der Waals surface area contributed by atoms with Crippen molar-refractivity contribution in [3.8, 4) is 23.0 Å². The highest BCUT2D eigenvalue weighted by Gasteiger charge is 2.44. The summed E-state index contributed by atoms with van der Waals surface area (Å²) in [6.45, 7) is 4.00. The van der Waals surface area contributed by atoms with Gasteiger partial charge in [-0.15, -0.1) is 0 Å². The van der Waals surface area contributed by atoms with Crippen LogP contribution in [0.4, 0.5) is 5.69 Å². The van der Waals surface area contributed by atoms with Gasteiger partial charge in [0.15, 0.2) is 11.5 Å². The number of methoxy groups -OCH3 is 1. The summed E-state index contributed by atoms with van der Waals surface area (Å²) in [5.74, 6) is 2.07. The lowest BCUT2D eigenvalue weighted by atomic mass is 9.75. The van der Waals surface area contributed by atoms with Crippen molar-refractivity contribution in [2.45, 2.75) is 32.2 Å². The van der Waals surface area contributed by atoms with E-state index in [1.165, 1.54) is 11.1 Å². The fourth-order valence-corrected chi connectivity index (χ4v) is 5.71. The Morgan fingerprint density at radius 1 is 0.895 bits per heavy atom. The Hall–Kier alpha value is -4.45. The maximum Gasteiger partial charge on any atom is 0.161 e. The first-order chi connectivity index (χ1) is 18.5. The Labute approximate surface area is 223 Å². The van der Waals surface area contributed by atoms with Crippen molar-refractivity contribution in [3.63, 3.8) is 0 Å². The van der Waals surface area contributed by atoms with Crippen molar-refractivity contribution in [2.24, 2.45) is 11.7 Å². The van der Waals surface area contributed by atoms with Gasteiger partial charge in [-0.3, -0.25) is 5.41 Å². The number of phenols is 1. The number of aromatic hydroxyl groups is 1. The van der Waals surface area contributed by atoms with Gasteiger partial charge in [0, 0.05) is 28.8 Å². The molecule has 1 aliphatic heterocycles. The maximum atomic E-state index is 10.6. The van der Waals surface area contributed by atoms with E-state index in [0.717, 1.165) is 28.8 Å². The highest BCUT2D eigenvalue weighted by Crippen LogP contribution is 2.56. The van der Waals surface area contributed by atoms with Gasteiger partial charge in [-0.2, -0.15) is 0 Å². The molecule has 0 amide bonds. The molecular formula is C32H33N3O3. The van der Waals surface area contributed by atoms with Gasteiger partial charge in [-0.05, 0) is 65.4 Å². The zero-order chi connectivity index (χ0) is 26.8. The lowest BCUT2D eigenvalue weighted by molar-refractivity contribution is 0.362. The first-order valence-corrected chi connectivity index (χ1v) is 13.0. The molecule has 1 heterocycles. The normalized spacial score (nSPS) is 18.6. The highest BCUT2D eigenvalue weighted by atomic mass is 16.5. The molecule has 0 saturated carbocycles. The molecule has 5 N–H and O–H groups in total. The van der Waals surface area contributed by atoms with Gasteiger partial charge >= 0.3 is 0 Å². The molecule has 0 aromatic heterocycles. The van der Waals surface area contributed by atoms with Gasteiger partial charge in [0.05, 0.1) is 13.2 Å².